The number of aryl methyl sites for hydroxylation is 1. The van der Waals surface area contributed by atoms with Gasteiger partial charge in [-0.15, -0.1) is 0 Å². The summed E-state index contributed by atoms with van der Waals surface area (Å²) in [7, 11) is 0. The Hall–Kier alpha value is -2.89. The van der Waals surface area contributed by atoms with Crippen molar-refractivity contribution in [2.75, 3.05) is 5.32 Å². The Balaban J connectivity index is 1.79. The molecule has 1 saturated carbocycles. The van der Waals surface area contributed by atoms with E-state index >= 15 is 0 Å². The van der Waals surface area contributed by atoms with Gasteiger partial charge in [0.2, 0.25) is 5.95 Å². The van der Waals surface area contributed by atoms with E-state index in [-0.39, 0.29) is 11.7 Å². The van der Waals surface area contributed by atoms with Gasteiger partial charge in [-0.3, -0.25) is 9.13 Å². The molecule has 1 aliphatic rings. The highest BCUT2D eigenvalue weighted by Gasteiger charge is 2.23. The normalized spacial score (nSPS) is 19.0. The van der Waals surface area contributed by atoms with Crippen molar-refractivity contribution in [3.63, 3.8) is 0 Å². The zero-order valence-corrected chi connectivity index (χ0v) is 19.2. The molecule has 0 radical (unpaired) electrons. The van der Waals surface area contributed by atoms with Gasteiger partial charge in [0.1, 0.15) is 0 Å². The number of aromatic nitrogens is 4. The van der Waals surface area contributed by atoms with Crippen LogP contribution in [0, 0.1) is 19.8 Å². The van der Waals surface area contributed by atoms with Crippen molar-refractivity contribution in [1.29, 1.82) is 0 Å². The average Bonchev–Trinajstić information content (AvgIpc) is 3.00. The van der Waals surface area contributed by atoms with Gasteiger partial charge in [0.15, 0.2) is 0 Å². The van der Waals surface area contributed by atoms with Crippen LogP contribution in [0.25, 0.3) is 17.1 Å². The first kappa shape index (κ1) is 21.3. The highest BCUT2D eigenvalue weighted by molar-refractivity contribution is 5.62. The molecule has 31 heavy (non-hydrogen) atoms. The second-order valence-corrected chi connectivity index (χ2v) is 9.22. The molecule has 4 rings (SSSR count). The lowest BCUT2D eigenvalue weighted by atomic mass is 9.87. The number of hydrogen-bond donors (Lipinski definition) is 1. The van der Waals surface area contributed by atoms with E-state index in [1.54, 1.807) is 10.8 Å². The fraction of sp³-hybridized carbons (Fsp3) is 0.480. The van der Waals surface area contributed by atoms with Gasteiger partial charge >= 0.3 is 5.69 Å². The molecule has 2 aromatic heterocycles. The monoisotopic (exact) mass is 419 g/mol. The molecule has 1 N–H and O–H groups in total. The van der Waals surface area contributed by atoms with Crippen molar-refractivity contribution < 1.29 is 0 Å². The molecule has 0 saturated heterocycles. The molecule has 0 unspecified atom stereocenters. The summed E-state index contributed by atoms with van der Waals surface area (Å²) < 4.78 is 3.63. The molecular weight excluding hydrogens is 386 g/mol. The molecule has 0 bridgehead atoms. The van der Waals surface area contributed by atoms with Crippen LogP contribution in [0.15, 0.2) is 41.3 Å². The molecule has 2 heterocycles. The van der Waals surface area contributed by atoms with Crippen molar-refractivity contribution in [2.24, 2.45) is 5.92 Å². The zero-order valence-electron chi connectivity index (χ0n) is 19.2. The van der Waals surface area contributed by atoms with Gasteiger partial charge in [-0.1, -0.05) is 19.1 Å². The van der Waals surface area contributed by atoms with Gasteiger partial charge < -0.3 is 5.32 Å². The van der Waals surface area contributed by atoms with E-state index < -0.39 is 0 Å². The molecule has 164 valence electrons. The third-order valence-corrected chi connectivity index (χ3v) is 6.35. The molecule has 1 aliphatic carbocycles. The lowest BCUT2D eigenvalue weighted by Gasteiger charge is -2.26. The highest BCUT2D eigenvalue weighted by atomic mass is 16.1. The summed E-state index contributed by atoms with van der Waals surface area (Å²) in [5, 5.41) is 3.53. The highest BCUT2D eigenvalue weighted by Crippen LogP contribution is 2.28. The number of rotatable bonds is 5. The van der Waals surface area contributed by atoms with E-state index in [2.05, 4.69) is 17.2 Å². The molecular formula is C25H33N5O. The third-order valence-electron chi connectivity index (χ3n) is 6.35. The second-order valence-electron chi connectivity index (χ2n) is 9.22. The number of benzene rings is 1. The smallest absolute Gasteiger partial charge is 0.333 e. The van der Waals surface area contributed by atoms with Crippen LogP contribution >= 0.6 is 0 Å². The predicted octanol–water partition coefficient (Wildman–Crippen LogP) is 5.28. The Bertz CT molecular complexity index is 1120. The van der Waals surface area contributed by atoms with Gasteiger partial charge in [-0.2, -0.15) is 0 Å². The summed E-state index contributed by atoms with van der Waals surface area (Å²) in [6, 6.07) is 10.4. The molecule has 0 spiro atoms. The number of nitrogens with one attached hydrogen (secondary N) is 1. The summed E-state index contributed by atoms with van der Waals surface area (Å²) in [5.74, 6) is 1.43. The fourth-order valence-corrected chi connectivity index (χ4v) is 4.68. The Labute approximate surface area is 184 Å². The molecule has 0 aliphatic heterocycles. The predicted molar refractivity (Wildman–Crippen MR) is 126 cm³/mol. The van der Waals surface area contributed by atoms with Crippen LogP contribution in [0.5, 0.6) is 0 Å². The first-order valence-electron chi connectivity index (χ1n) is 11.4. The first-order valence-corrected chi connectivity index (χ1v) is 11.4. The van der Waals surface area contributed by atoms with Gasteiger partial charge in [0.25, 0.3) is 0 Å². The Morgan fingerprint density at radius 3 is 2.52 bits per heavy atom. The third kappa shape index (κ3) is 4.29. The number of nitrogens with zero attached hydrogens (tertiary/aromatic N) is 4. The standard InChI is InChI=1S/C25H33N5O/c1-16(2)29-19(5)23(30(25(29)31)21-8-6-7-18(4)15-21)22-13-14-26-24(28-22)27-20-11-9-17(3)10-12-20/h6-8,13-17,20H,9-12H2,1-5H3,(H,26,27,28). The minimum atomic E-state index is -0.0394. The summed E-state index contributed by atoms with van der Waals surface area (Å²) in [6.45, 7) is 10.4. The summed E-state index contributed by atoms with van der Waals surface area (Å²) in [6.07, 6.45) is 6.55. The fourth-order valence-electron chi connectivity index (χ4n) is 4.68. The van der Waals surface area contributed by atoms with E-state index in [1.807, 2.05) is 62.6 Å². The minimum absolute atomic E-state index is 0.0394. The SMILES string of the molecule is Cc1cccc(-n2c(-c3ccnc(NC4CCC(C)CC4)n3)c(C)n(C(C)C)c2=O)c1. The van der Waals surface area contributed by atoms with Crippen molar-refractivity contribution in [3.8, 4) is 17.1 Å². The van der Waals surface area contributed by atoms with Crippen LogP contribution in [-0.2, 0) is 0 Å². The largest absolute Gasteiger partial charge is 0.351 e. The minimum Gasteiger partial charge on any atom is -0.351 e. The summed E-state index contributed by atoms with van der Waals surface area (Å²) in [5.41, 5.74) is 4.43. The molecule has 1 aromatic carbocycles. The second kappa shape index (κ2) is 8.69. The molecule has 0 atom stereocenters. The Morgan fingerprint density at radius 1 is 1.10 bits per heavy atom. The maximum absolute atomic E-state index is 13.4. The molecule has 3 aromatic rings. The van der Waals surface area contributed by atoms with E-state index in [0.29, 0.717) is 12.0 Å². The van der Waals surface area contributed by atoms with E-state index in [4.69, 9.17) is 4.98 Å². The lowest BCUT2D eigenvalue weighted by Crippen LogP contribution is -2.26. The van der Waals surface area contributed by atoms with Gasteiger partial charge in [0.05, 0.1) is 17.1 Å². The lowest BCUT2D eigenvalue weighted by molar-refractivity contribution is 0.360. The Kier molecular flexibility index (Phi) is 5.99. The topological polar surface area (TPSA) is 64.7 Å². The van der Waals surface area contributed by atoms with Crippen LogP contribution < -0.4 is 11.0 Å². The van der Waals surface area contributed by atoms with E-state index in [9.17, 15) is 4.79 Å². The van der Waals surface area contributed by atoms with Crippen molar-refractivity contribution in [1.82, 2.24) is 19.1 Å². The van der Waals surface area contributed by atoms with Crippen LogP contribution in [0.1, 0.15) is 63.8 Å². The van der Waals surface area contributed by atoms with E-state index in [1.165, 1.54) is 12.8 Å². The number of imidazole rings is 1. The van der Waals surface area contributed by atoms with Crippen LogP contribution in [0.4, 0.5) is 5.95 Å². The van der Waals surface area contributed by atoms with Crippen LogP contribution in [-0.4, -0.2) is 25.1 Å². The van der Waals surface area contributed by atoms with E-state index in [0.717, 1.165) is 47.1 Å². The Morgan fingerprint density at radius 2 is 1.84 bits per heavy atom. The quantitative estimate of drug-likeness (QED) is 0.611. The van der Waals surface area contributed by atoms with Crippen molar-refractivity contribution >= 4 is 5.95 Å². The summed E-state index contributed by atoms with van der Waals surface area (Å²) >= 11 is 0. The van der Waals surface area contributed by atoms with Crippen LogP contribution in [0.2, 0.25) is 0 Å². The number of hydrogen-bond acceptors (Lipinski definition) is 4. The van der Waals surface area contributed by atoms with Gasteiger partial charge in [-0.25, -0.2) is 14.8 Å². The molecule has 0 amide bonds. The first-order chi connectivity index (χ1) is 14.8. The summed E-state index contributed by atoms with van der Waals surface area (Å²) in [4.78, 5) is 22.8. The van der Waals surface area contributed by atoms with Gasteiger partial charge in [0, 0.05) is 24.0 Å². The molecule has 6 nitrogen and oxygen atoms in total. The van der Waals surface area contributed by atoms with Crippen molar-refractivity contribution in [3.05, 3.63) is 58.3 Å². The number of anilines is 1. The molecule has 1 fully saturated rings. The van der Waals surface area contributed by atoms with Crippen LogP contribution in [0.3, 0.4) is 0 Å². The zero-order chi connectivity index (χ0) is 22.1. The average molecular weight is 420 g/mol. The maximum atomic E-state index is 13.4. The molecule has 6 heteroatoms. The van der Waals surface area contributed by atoms with Crippen molar-refractivity contribution in [2.45, 2.75) is 72.4 Å². The maximum Gasteiger partial charge on any atom is 0.333 e. The van der Waals surface area contributed by atoms with Gasteiger partial charge in [-0.05, 0) is 83.1 Å².